The van der Waals surface area contributed by atoms with Crippen LogP contribution in [-0.2, 0) is 16.8 Å². The van der Waals surface area contributed by atoms with Gasteiger partial charge in [0.25, 0.3) is 0 Å². The highest BCUT2D eigenvalue weighted by molar-refractivity contribution is 5.91. The Labute approximate surface area is 133 Å². The lowest BCUT2D eigenvalue weighted by atomic mass is 9.63. The third-order valence-electron chi connectivity index (χ3n) is 5.49. The van der Waals surface area contributed by atoms with Crippen LogP contribution in [0.15, 0.2) is 24.3 Å². The number of carbonyl (C=O) groups is 1. The Kier molecular flexibility index (Phi) is 3.85. The molecule has 0 radical (unpaired) electrons. The van der Waals surface area contributed by atoms with Crippen molar-refractivity contribution < 1.29 is 9.53 Å². The van der Waals surface area contributed by atoms with Crippen LogP contribution < -0.4 is 4.74 Å². The maximum Gasteiger partial charge on any atom is 0.155 e. The van der Waals surface area contributed by atoms with Crippen molar-refractivity contribution in [1.29, 1.82) is 0 Å². The van der Waals surface area contributed by atoms with Gasteiger partial charge in [0.1, 0.15) is 5.75 Å². The second-order valence-corrected chi connectivity index (χ2v) is 6.86. The molecular formula is C19H25NO2. The number of ether oxygens (including phenoxy) is 1. The second kappa shape index (κ2) is 5.54. The Morgan fingerprint density at radius 2 is 2.14 bits per heavy atom. The number of benzene rings is 1. The molecule has 0 bridgehead atoms. The average Bonchev–Trinajstić information content (AvgIpc) is 2.62. The van der Waals surface area contributed by atoms with E-state index in [9.17, 15) is 4.79 Å². The van der Waals surface area contributed by atoms with Crippen molar-refractivity contribution in [3.8, 4) is 5.75 Å². The Balaban J connectivity index is 2.26. The van der Waals surface area contributed by atoms with Gasteiger partial charge in [-0.25, -0.2) is 0 Å². The largest absolute Gasteiger partial charge is 0.496 e. The number of rotatable bonds is 1. The maximum atomic E-state index is 11.8. The molecule has 3 rings (SSSR count). The lowest BCUT2D eigenvalue weighted by Crippen LogP contribution is -2.38. The van der Waals surface area contributed by atoms with Gasteiger partial charge < -0.3 is 9.64 Å². The van der Waals surface area contributed by atoms with E-state index in [0.29, 0.717) is 12.3 Å². The van der Waals surface area contributed by atoms with Gasteiger partial charge in [0, 0.05) is 18.4 Å². The summed E-state index contributed by atoms with van der Waals surface area (Å²) in [6, 6.07) is 4.27. The van der Waals surface area contributed by atoms with Gasteiger partial charge in [0.15, 0.2) is 5.78 Å². The number of fused-ring (bicyclic) bond motifs is 2. The van der Waals surface area contributed by atoms with Crippen molar-refractivity contribution >= 4 is 5.78 Å². The molecule has 22 heavy (non-hydrogen) atoms. The van der Waals surface area contributed by atoms with E-state index in [2.05, 4.69) is 44.0 Å². The Hall–Kier alpha value is -1.61. The lowest BCUT2D eigenvalue weighted by Gasteiger charge is -2.40. The van der Waals surface area contributed by atoms with E-state index < -0.39 is 0 Å². The molecule has 1 heterocycles. The van der Waals surface area contributed by atoms with Crippen molar-refractivity contribution in [3.63, 3.8) is 0 Å². The van der Waals surface area contributed by atoms with Crippen LogP contribution in [-0.4, -0.2) is 31.4 Å². The highest BCUT2D eigenvalue weighted by Crippen LogP contribution is 2.47. The minimum absolute atomic E-state index is 0.0490. The molecule has 1 aliphatic carbocycles. The van der Waals surface area contributed by atoms with Gasteiger partial charge in [-0.2, -0.15) is 0 Å². The molecule has 1 unspecified atom stereocenters. The van der Waals surface area contributed by atoms with Gasteiger partial charge in [0.2, 0.25) is 0 Å². The molecule has 3 heteroatoms. The van der Waals surface area contributed by atoms with Crippen LogP contribution in [0.4, 0.5) is 0 Å². The van der Waals surface area contributed by atoms with E-state index in [1.165, 1.54) is 16.7 Å². The summed E-state index contributed by atoms with van der Waals surface area (Å²) < 4.78 is 5.56. The van der Waals surface area contributed by atoms with Gasteiger partial charge in [-0.15, -0.1) is 0 Å². The highest BCUT2D eigenvalue weighted by Gasteiger charge is 2.43. The summed E-state index contributed by atoms with van der Waals surface area (Å²) in [4.78, 5) is 14.2. The van der Waals surface area contributed by atoms with Crippen LogP contribution in [0.25, 0.3) is 0 Å². The fourth-order valence-electron chi connectivity index (χ4n) is 4.24. The fourth-order valence-corrected chi connectivity index (χ4v) is 4.24. The zero-order valence-electron chi connectivity index (χ0n) is 14.0. The van der Waals surface area contributed by atoms with E-state index in [1.807, 2.05) is 0 Å². The number of carbonyl (C=O) groups excluding carboxylic acids is 1. The molecule has 0 amide bonds. The first kappa shape index (κ1) is 15.3. The number of nitrogens with zero attached hydrogens (tertiary/aromatic N) is 1. The Morgan fingerprint density at radius 1 is 1.36 bits per heavy atom. The first-order valence-electron chi connectivity index (χ1n) is 8.05. The van der Waals surface area contributed by atoms with Crippen molar-refractivity contribution in [2.75, 3.05) is 20.7 Å². The van der Waals surface area contributed by atoms with Crippen molar-refractivity contribution in [2.24, 2.45) is 5.92 Å². The summed E-state index contributed by atoms with van der Waals surface area (Å²) in [6.45, 7) is 6.37. The molecule has 1 aromatic carbocycles. The monoisotopic (exact) mass is 299 g/mol. The van der Waals surface area contributed by atoms with Crippen LogP contribution in [0, 0.1) is 12.8 Å². The van der Waals surface area contributed by atoms with E-state index in [-0.39, 0.29) is 11.2 Å². The summed E-state index contributed by atoms with van der Waals surface area (Å²) in [5.41, 5.74) is 3.92. The van der Waals surface area contributed by atoms with Gasteiger partial charge in [-0.1, -0.05) is 19.1 Å². The lowest BCUT2D eigenvalue weighted by molar-refractivity contribution is -0.116. The SMILES string of the molecule is COc1ccc2c(c1C)[C@@]1(C=CC(=O)CC1C)CCN(C)C2. The molecule has 118 valence electrons. The molecule has 3 nitrogen and oxygen atoms in total. The van der Waals surface area contributed by atoms with Crippen LogP contribution in [0.2, 0.25) is 0 Å². The summed E-state index contributed by atoms with van der Waals surface area (Å²) in [6.07, 6.45) is 5.66. The van der Waals surface area contributed by atoms with E-state index in [0.717, 1.165) is 25.3 Å². The maximum absolute atomic E-state index is 11.8. The normalized spacial score (nSPS) is 28.5. The summed E-state index contributed by atoms with van der Waals surface area (Å²) in [5, 5.41) is 0. The molecule has 0 N–H and O–H groups in total. The predicted octanol–water partition coefficient (Wildman–Crippen LogP) is 3.24. The van der Waals surface area contributed by atoms with E-state index in [1.54, 1.807) is 13.2 Å². The third-order valence-corrected chi connectivity index (χ3v) is 5.49. The Morgan fingerprint density at radius 3 is 2.82 bits per heavy atom. The molecule has 0 saturated heterocycles. The van der Waals surface area contributed by atoms with Crippen molar-refractivity contribution in [2.45, 2.75) is 38.6 Å². The smallest absolute Gasteiger partial charge is 0.155 e. The van der Waals surface area contributed by atoms with Gasteiger partial charge in [-0.3, -0.25) is 4.79 Å². The number of methoxy groups -OCH3 is 1. The topological polar surface area (TPSA) is 29.5 Å². The molecular weight excluding hydrogens is 274 g/mol. The average molecular weight is 299 g/mol. The summed E-state index contributed by atoms with van der Waals surface area (Å²) >= 11 is 0. The van der Waals surface area contributed by atoms with Crippen LogP contribution >= 0.6 is 0 Å². The molecule has 2 atom stereocenters. The van der Waals surface area contributed by atoms with E-state index >= 15 is 0 Å². The minimum atomic E-state index is -0.0490. The summed E-state index contributed by atoms with van der Waals surface area (Å²) in [7, 11) is 3.90. The molecule has 0 saturated carbocycles. The van der Waals surface area contributed by atoms with E-state index in [4.69, 9.17) is 4.74 Å². The number of allylic oxidation sites excluding steroid dienone is 2. The molecule has 1 aromatic rings. The third kappa shape index (κ3) is 2.28. The van der Waals surface area contributed by atoms with Gasteiger partial charge in [-0.05, 0) is 61.7 Å². The van der Waals surface area contributed by atoms with Crippen LogP contribution in [0.5, 0.6) is 5.75 Å². The molecule has 1 spiro atoms. The summed E-state index contributed by atoms with van der Waals surface area (Å²) in [5.74, 6) is 1.51. The quantitative estimate of drug-likeness (QED) is 0.797. The highest BCUT2D eigenvalue weighted by atomic mass is 16.5. The van der Waals surface area contributed by atoms with Crippen LogP contribution in [0.3, 0.4) is 0 Å². The molecule has 0 aromatic heterocycles. The molecule has 2 aliphatic rings. The first-order valence-corrected chi connectivity index (χ1v) is 8.05. The molecule has 0 fully saturated rings. The standard InChI is InChI=1S/C19H25NO2/c1-13-11-16(21)7-8-19(13)9-10-20(3)12-15-5-6-17(22-4)14(2)18(15)19/h5-8,13H,9-12H2,1-4H3/t13?,19-/m0/s1. The van der Waals surface area contributed by atoms with Gasteiger partial charge in [0.05, 0.1) is 7.11 Å². The zero-order chi connectivity index (χ0) is 15.9. The van der Waals surface area contributed by atoms with Gasteiger partial charge >= 0.3 is 0 Å². The van der Waals surface area contributed by atoms with Crippen LogP contribution in [0.1, 0.15) is 36.5 Å². The number of ketones is 1. The first-order chi connectivity index (χ1) is 10.5. The van der Waals surface area contributed by atoms with Crippen molar-refractivity contribution in [1.82, 2.24) is 4.90 Å². The number of hydrogen-bond donors (Lipinski definition) is 0. The fraction of sp³-hybridized carbons (Fsp3) is 0.526. The number of hydrogen-bond acceptors (Lipinski definition) is 3. The second-order valence-electron chi connectivity index (χ2n) is 6.86. The van der Waals surface area contributed by atoms with Crippen molar-refractivity contribution in [3.05, 3.63) is 41.0 Å². The minimum Gasteiger partial charge on any atom is -0.496 e. The predicted molar refractivity (Wildman–Crippen MR) is 88.3 cm³/mol. The molecule has 1 aliphatic heterocycles. The zero-order valence-corrected chi connectivity index (χ0v) is 14.0. The Bertz CT molecular complexity index is 635.